The number of para-hydroxylation sites is 1. The molecule has 2 aliphatic rings. The van der Waals surface area contributed by atoms with Crippen molar-refractivity contribution in [3.05, 3.63) is 78.3 Å². The second-order valence-electron chi connectivity index (χ2n) is 5.47. The van der Waals surface area contributed by atoms with Crippen LogP contribution in [0.3, 0.4) is 0 Å². The van der Waals surface area contributed by atoms with Gasteiger partial charge in [-0.1, -0.05) is 18.2 Å². The van der Waals surface area contributed by atoms with Crippen LogP contribution in [0.2, 0.25) is 0 Å². The average molecular weight is 366 g/mol. The number of phosphoric ester groups is 1. The van der Waals surface area contributed by atoms with Crippen LogP contribution in [0.4, 0.5) is 8.78 Å². The Hall–Kier alpha value is -2.33. The van der Waals surface area contributed by atoms with Crippen molar-refractivity contribution in [2.24, 2.45) is 0 Å². The number of hydrogen-bond donors (Lipinski definition) is 0. The third-order valence-corrected chi connectivity index (χ3v) is 4.73. The maximum absolute atomic E-state index is 13.2. The second kappa shape index (κ2) is 7.70. The summed E-state index contributed by atoms with van der Waals surface area (Å²) < 4.78 is 55.7. The van der Waals surface area contributed by atoms with E-state index in [-0.39, 0.29) is 24.4 Å². The van der Waals surface area contributed by atoms with E-state index in [2.05, 4.69) is 0 Å². The number of benzene rings is 1. The molecule has 1 aromatic carbocycles. The molecule has 0 fully saturated rings. The molecule has 2 aliphatic carbocycles. The van der Waals surface area contributed by atoms with Crippen LogP contribution in [0.25, 0.3) is 0 Å². The largest absolute Gasteiger partial charge is 0.647 e. The number of hydrogen-bond acceptors (Lipinski definition) is 4. The highest BCUT2D eigenvalue weighted by molar-refractivity contribution is 7.49. The van der Waals surface area contributed by atoms with E-state index in [1.165, 1.54) is 36.5 Å². The van der Waals surface area contributed by atoms with E-state index >= 15 is 0 Å². The fourth-order valence-electron chi connectivity index (χ4n) is 2.21. The Morgan fingerprint density at radius 1 is 0.840 bits per heavy atom. The van der Waals surface area contributed by atoms with Gasteiger partial charge in [-0.3, -0.25) is 0 Å². The summed E-state index contributed by atoms with van der Waals surface area (Å²) in [4.78, 5) is 0. The first kappa shape index (κ1) is 17.5. The van der Waals surface area contributed by atoms with E-state index in [4.69, 9.17) is 13.6 Å². The van der Waals surface area contributed by atoms with Gasteiger partial charge in [0, 0.05) is 12.8 Å². The van der Waals surface area contributed by atoms with Crippen LogP contribution in [-0.4, -0.2) is 12.3 Å². The number of alkyl halides is 2. The molecule has 0 saturated carbocycles. The van der Waals surface area contributed by atoms with Gasteiger partial charge >= 0.3 is 7.82 Å². The van der Waals surface area contributed by atoms with E-state index in [0.29, 0.717) is 5.75 Å². The van der Waals surface area contributed by atoms with Gasteiger partial charge in [-0.15, -0.1) is 0 Å². The summed E-state index contributed by atoms with van der Waals surface area (Å²) in [7, 11) is -4.10. The average Bonchev–Trinajstić information content (AvgIpc) is 2.60. The highest BCUT2D eigenvalue weighted by Gasteiger charge is 2.34. The van der Waals surface area contributed by atoms with Crippen LogP contribution in [0.15, 0.2) is 78.3 Å². The molecule has 0 N–H and O–H groups in total. The predicted molar refractivity (Wildman–Crippen MR) is 90.3 cm³/mol. The van der Waals surface area contributed by atoms with Crippen molar-refractivity contribution in [2.45, 2.75) is 25.2 Å². The Bertz CT molecular complexity index is 729. The Labute approximate surface area is 144 Å². The highest BCUT2D eigenvalue weighted by atomic mass is 31.2. The van der Waals surface area contributed by atoms with Crippen LogP contribution in [0, 0.1) is 0 Å². The van der Waals surface area contributed by atoms with E-state index in [0.717, 1.165) is 0 Å². The summed E-state index contributed by atoms with van der Waals surface area (Å²) in [6.07, 6.45) is 6.32. The van der Waals surface area contributed by atoms with Gasteiger partial charge in [-0.2, -0.15) is 4.57 Å². The fourth-order valence-corrected chi connectivity index (χ4v) is 3.49. The van der Waals surface area contributed by atoms with Crippen LogP contribution in [-0.2, 0) is 13.6 Å². The molecular formula is C18H17F2O4P. The molecule has 0 spiro atoms. The lowest BCUT2D eigenvalue weighted by Gasteiger charge is -2.22. The van der Waals surface area contributed by atoms with Crippen molar-refractivity contribution >= 4 is 7.82 Å². The molecule has 7 heteroatoms. The van der Waals surface area contributed by atoms with Crippen LogP contribution >= 0.6 is 7.82 Å². The number of allylic oxidation sites excluding steroid dienone is 6. The molecule has 3 atom stereocenters. The monoisotopic (exact) mass is 366 g/mol. The zero-order valence-electron chi connectivity index (χ0n) is 13.3. The van der Waals surface area contributed by atoms with Crippen LogP contribution in [0.5, 0.6) is 5.75 Å². The molecule has 3 rings (SSSR count). The predicted octanol–water partition coefficient (Wildman–Crippen LogP) is 5.57. The number of phosphoric acid groups is 1. The summed E-state index contributed by atoms with van der Waals surface area (Å²) in [5.74, 6) is 0.673. The lowest BCUT2D eigenvalue weighted by Crippen LogP contribution is -2.07. The van der Waals surface area contributed by atoms with Crippen molar-refractivity contribution < 1.29 is 26.9 Å². The Kier molecular flexibility index (Phi) is 5.39. The van der Waals surface area contributed by atoms with Crippen LogP contribution in [0.1, 0.15) is 12.8 Å². The van der Waals surface area contributed by atoms with E-state index in [1.54, 1.807) is 30.3 Å². The normalized spacial score (nSPS) is 24.7. The third kappa shape index (κ3) is 5.07. The molecule has 0 aromatic heterocycles. The standard InChI is InChI=1S/C18H17F2O4P/c19-14-6-10-17(11-7-14)23-25(21,22-16-4-2-1-3-5-16)24-18-12-8-15(20)9-13-18/h1-6,8,10-15H,7,9H2/t14-,15?,25?/m1/s1. The number of halogens is 2. The first-order chi connectivity index (χ1) is 12.0. The summed E-state index contributed by atoms with van der Waals surface area (Å²) in [6.45, 7) is 0. The zero-order chi connectivity index (χ0) is 17.7. The Balaban J connectivity index is 1.79. The minimum atomic E-state index is -4.10. The van der Waals surface area contributed by atoms with Gasteiger partial charge in [0.15, 0.2) is 0 Å². The minimum Gasteiger partial charge on any atom is -0.386 e. The summed E-state index contributed by atoms with van der Waals surface area (Å²) in [5.41, 5.74) is 0. The zero-order valence-corrected chi connectivity index (χ0v) is 14.2. The summed E-state index contributed by atoms with van der Waals surface area (Å²) >= 11 is 0. The minimum absolute atomic E-state index is 0.114. The summed E-state index contributed by atoms with van der Waals surface area (Å²) in [5, 5.41) is 0. The molecule has 0 bridgehead atoms. The topological polar surface area (TPSA) is 44.8 Å². The van der Waals surface area contributed by atoms with Gasteiger partial charge in [0.05, 0.1) is 0 Å². The van der Waals surface area contributed by atoms with Gasteiger partial charge in [0.2, 0.25) is 0 Å². The smallest absolute Gasteiger partial charge is 0.386 e. The summed E-state index contributed by atoms with van der Waals surface area (Å²) in [6, 6.07) is 8.40. The molecule has 1 aromatic rings. The SMILES string of the molecule is O=P(OC1=CCC(F)C=C1)(OC1=CC[C@H](F)C=C1)Oc1ccccc1. The Morgan fingerprint density at radius 3 is 1.80 bits per heavy atom. The molecule has 2 unspecified atom stereocenters. The molecule has 132 valence electrons. The van der Waals surface area contributed by atoms with Crippen molar-refractivity contribution in [3.8, 4) is 5.75 Å². The first-order valence-electron chi connectivity index (χ1n) is 7.81. The molecule has 0 amide bonds. The molecule has 0 saturated heterocycles. The van der Waals surface area contributed by atoms with Gasteiger partial charge in [0.1, 0.15) is 29.6 Å². The van der Waals surface area contributed by atoms with E-state index < -0.39 is 20.2 Å². The fraction of sp³-hybridized carbons (Fsp3) is 0.222. The molecule has 0 radical (unpaired) electrons. The van der Waals surface area contributed by atoms with Crippen molar-refractivity contribution in [1.82, 2.24) is 0 Å². The van der Waals surface area contributed by atoms with Gasteiger partial charge in [-0.25, -0.2) is 8.78 Å². The second-order valence-corrected chi connectivity index (χ2v) is 6.91. The lowest BCUT2D eigenvalue weighted by molar-refractivity contribution is 0.227. The van der Waals surface area contributed by atoms with Gasteiger partial charge in [-0.05, 0) is 48.6 Å². The van der Waals surface area contributed by atoms with Crippen molar-refractivity contribution in [1.29, 1.82) is 0 Å². The van der Waals surface area contributed by atoms with E-state index in [1.807, 2.05) is 0 Å². The maximum atomic E-state index is 13.2. The highest BCUT2D eigenvalue weighted by Crippen LogP contribution is 2.54. The van der Waals surface area contributed by atoms with Gasteiger partial charge in [0.25, 0.3) is 0 Å². The van der Waals surface area contributed by atoms with Gasteiger partial charge < -0.3 is 13.6 Å². The van der Waals surface area contributed by atoms with Crippen molar-refractivity contribution in [3.63, 3.8) is 0 Å². The molecule has 0 heterocycles. The molecular weight excluding hydrogens is 349 g/mol. The molecule has 4 nitrogen and oxygen atoms in total. The molecule has 25 heavy (non-hydrogen) atoms. The van der Waals surface area contributed by atoms with Crippen LogP contribution < -0.4 is 4.52 Å². The van der Waals surface area contributed by atoms with Crippen molar-refractivity contribution in [2.75, 3.05) is 0 Å². The first-order valence-corrected chi connectivity index (χ1v) is 9.27. The quantitative estimate of drug-likeness (QED) is 0.618. The lowest BCUT2D eigenvalue weighted by atomic mass is 10.1. The Morgan fingerprint density at radius 2 is 1.36 bits per heavy atom. The third-order valence-electron chi connectivity index (χ3n) is 3.42. The number of rotatable bonds is 6. The molecule has 0 aliphatic heterocycles. The van der Waals surface area contributed by atoms with E-state index in [9.17, 15) is 13.3 Å². The maximum Gasteiger partial charge on any atom is 0.647 e.